The van der Waals surface area contributed by atoms with Crippen LogP contribution in [0.25, 0.3) is 0 Å². The van der Waals surface area contributed by atoms with E-state index in [2.05, 4.69) is 28.9 Å². The van der Waals surface area contributed by atoms with Gasteiger partial charge in [-0.25, -0.2) is 4.79 Å². The first-order chi connectivity index (χ1) is 11.6. The van der Waals surface area contributed by atoms with Crippen molar-refractivity contribution in [3.05, 3.63) is 47.5 Å². The van der Waals surface area contributed by atoms with Gasteiger partial charge in [-0.2, -0.15) is 0 Å². The first-order valence-corrected chi connectivity index (χ1v) is 9.16. The number of hydrogen-bond donors (Lipinski definition) is 1. The highest BCUT2D eigenvalue weighted by molar-refractivity contribution is 6.30. The van der Waals surface area contributed by atoms with Crippen molar-refractivity contribution in [3.8, 4) is 0 Å². The van der Waals surface area contributed by atoms with E-state index < -0.39 is 0 Å². The first-order valence-electron chi connectivity index (χ1n) is 8.79. The van der Waals surface area contributed by atoms with Crippen LogP contribution in [-0.4, -0.2) is 48.1 Å². The summed E-state index contributed by atoms with van der Waals surface area (Å²) in [6.07, 6.45) is 5.02. The highest BCUT2D eigenvalue weighted by Gasteiger charge is 2.27. The molecule has 1 aromatic rings. The molecule has 1 aromatic carbocycles. The van der Waals surface area contributed by atoms with Crippen molar-refractivity contribution in [1.82, 2.24) is 15.1 Å². The van der Waals surface area contributed by atoms with E-state index in [9.17, 15) is 4.79 Å². The number of rotatable bonds is 4. The predicted octanol–water partition coefficient (Wildman–Crippen LogP) is 3.52. The van der Waals surface area contributed by atoms with Gasteiger partial charge in [0.25, 0.3) is 0 Å². The molecule has 2 heterocycles. The second-order valence-corrected chi connectivity index (χ2v) is 7.29. The van der Waals surface area contributed by atoms with E-state index in [4.69, 9.17) is 11.6 Å². The maximum atomic E-state index is 12.3. The molecule has 2 aliphatic rings. The number of halogens is 1. The number of urea groups is 1. The van der Waals surface area contributed by atoms with Crippen LogP contribution in [0.2, 0.25) is 5.02 Å². The molecule has 2 saturated heterocycles. The lowest BCUT2D eigenvalue weighted by molar-refractivity contribution is 0.173. The second-order valence-electron chi connectivity index (χ2n) is 6.86. The minimum Gasteiger partial charge on any atom is -0.335 e. The van der Waals surface area contributed by atoms with Gasteiger partial charge in [-0.05, 0) is 42.9 Å². The SMILES string of the molecule is C=C[C@@H]1CCN(C(=O)NC2CCN(Cc3ccc(Cl)cc3)CC2)C1. The van der Waals surface area contributed by atoms with Crippen LogP contribution in [0.1, 0.15) is 24.8 Å². The largest absolute Gasteiger partial charge is 0.335 e. The highest BCUT2D eigenvalue weighted by atomic mass is 35.5. The van der Waals surface area contributed by atoms with Crippen molar-refractivity contribution >= 4 is 17.6 Å². The van der Waals surface area contributed by atoms with Gasteiger partial charge in [0.2, 0.25) is 0 Å². The molecule has 0 unspecified atom stereocenters. The van der Waals surface area contributed by atoms with E-state index in [1.165, 1.54) is 5.56 Å². The fourth-order valence-electron chi connectivity index (χ4n) is 3.51. The minimum absolute atomic E-state index is 0.0931. The third kappa shape index (κ3) is 4.52. The van der Waals surface area contributed by atoms with E-state index in [1.54, 1.807) is 0 Å². The van der Waals surface area contributed by atoms with Crippen molar-refractivity contribution in [2.24, 2.45) is 5.92 Å². The van der Waals surface area contributed by atoms with Crippen molar-refractivity contribution < 1.29 is 4.79 Å². The topological polar surface area (TPSA) is 35.6 Å². The van der Waals surface area contributed by atoms with Gasteiger partial charge in [0, 0.05) is 43.8 Å². The third-order valence-electron chi connectivity index (χ3n) is 5.08. The summed E-state index contributed by atoms with van der Waals surface area (Å²) in [5, 5.41) is 3.98. The third-order valence-corrected chi connectivity index (χ3v) is 5.33. The molecule has 0 saturated carbocycles. The number of piperidine rings is 1. The van der Waals surface area contributed by atoms with Crippen LogP contribution in [0, 0.1) is 5.92 Å². The van der Waals surface area contributed by atoms with Gasteiger partial charge in [-0.15, -0.1) is 6.58 Å². The average Bonchev–Trinajstić information content (AvgIpc) is 3.08. The Morgan fingerprint density at radius 2 is 1.92 bits per heavy atom. The number of amides is 2. The Labute approximate surface area is 149 Å². The number of likely N-dealkylation sites (tertiary alicyclic amines) is 2. The van der Waals surface area contributed by atoms with Gasteiger partial charge < -0.3 is 10.2 Å². The minimum atomic E-state index is 0.0931. The van der Waals surface area contributed by atoms with Crippen LogP contribution in [0.4, 0.5) is 4.79 Å². The smallest absolute Gasteiger partial charge is 0.317 e. The van der Waals surface area contributed by atoms with Crippen molar-refractivity contribution in [2.45, 2.75) is 31.8 Å². The molecule has 0 radical (unpaired) electrons. The predicted molar refractivity (Wildman–Crippen MR) is 98.2 cm³/mol. The van der Waals surface area contributed by atoms with E-state index >= 15 is 0 Å². The summed E-state index contributed by atoms with van der Waals surface area (Å²) in [6.45, 7) is 8.47. The van der Waals surface area contributed by atoms with Gasteiger partial charge in [-0.3, -0.25) is 4.90 Å². The Bertz CT molecular complexity index is 566. The molecule has 1 atom stereocenters. The van der Waals surface area contributed by atoms with E-state index in [-0.39, 0.29) is 6.03 Å². The molecule has 1 N–H and O–H groups in total. The maximum absolute atomic E-state index is 12.3. The molecule has 130 valence electrons. The molecule has 24 heavy (non-hydrogen) atoms. The molecule has 5 heteroatoms. The summed E-state index contributed by atoms with van der Waals surface area (Å²) in [4.78, 5) is 16.7. The number of benzene rings is 1. The lowest BCUT2D eigenvalue weighted by Crippen LogP contribution is -2.48. The van der Waals surface area contributed by atoms with Crippen LogP contribution >= 0.6 is 11.6 Å². The standard InChI is InChI=1S/C19H26ClN3O/c1-2-15-7-12-23(14-15)19(24)21-18-8-10-22(11-9-18)13-16-3-5-17(20)6-4-16/h2-6,15,18H,1,7-14H2,(H,21,24)/t15-/m1/s1. The Morgan fingerprint density at radius 1 is 1.21 bits per heavy atom. The number of carbonyl (C=O) groups excluding carboxylic acids is 1. The van der Waals surface area contributed by atoms with Gasteiger partial charge in [0.1, 0.15) is 0 Å². The summed E-state index contributed by atoms with van der Waals surface area (Å²) < 4.78 is 0. The zero-order valence-electron chi connectivity index (χ0n) is 14.1. The summed E-state index contributed by atoms with van der Waals surface area (Å²) in [6, 6.07) is 8.43. The Kier molecular flexibility index (Phi) is 5.80. The van der Waals surface area contributed by atoms with E-state index in [0.29, 0.717) is 12.0 Å². The number of nitrogens with one attached hydrogen (secondary N) is 1. The Morgan fingerprint density at radius 3 is 2.54 bits per heavy atom. The summed E-state index contributed by atoms with van der Waals surface area (Å²) in [5.41, 5.74) is 1.29. The number of nitrogens with zero attached hydrogens (tertiary/aromatic N) is 2. The fraction of sp³-hybridized carbons (Fsp3) is 0.526. The van der Waals surface area contributed by atoms with Crippen LogP contribution < -0.4 is 5.32 Å². The Balaban J connectivity index is 1.41. The van der Waals surface area contributed by atoms with Crippen molar-refractivity contribution in [1.29, 1.82) is 0 Å². The summed E-state index contributed by atoms with van der Waals surface area (Å²) in [7, 11) is 0. The fourth-order valence-corrected chi connectivity index (χ4v) is 3.64. The summed E-state index contributed by atoms with van der Waals surface area (Å²) in [5.74, 6) is 0.456. The van der Waals surface area contributed by atoms with Crippen LogP contribution in [0.15, 0.2) is 36.9 Å². The van der Waals surface area contributed by atoms with Crippen molar-refractivity contribution in [2.75, 3.05) is 26.2 Å². The van der Waals surface area contributed by atoms with E-state index in [1.807, 2.05) is 23.1 Å². The molecule has 0 aliphatic carbocycles. The zero-order chi connectivity index (χ0) is 16.9. The molecule has 3 rings (SSSR count). The van der Waals surface area contributed by atoms with E-state index in [0.717, 1.165) is 57.0 Å². The molecule has 2 aliphatic heterocycles. The van der Waals surface area contributed by atoms with Crippen LogP contribution in [0.5, 0.6) is 0 Å². The van der Waals surface area contributed by atoms with Gasteiger partial charge >= 0.3 is 6.03 Å². The molecule has 0 aromatic heterocycles. The van der Waals surface area contributed by atoms with Crippen LogP contribution in [-0.2, 0) is 6.54 Å². The quantitative estimate of drug-likeness (QED) is 0.846. The molecular formula is C19H26ClN3O. The lowest BCUT2D eigenvalue weighted by atomic mass is 10.0. The van der Waals surface area contributed by atoms with Gasteiger partial charge in [0.15, 0.2) is 0 Å². The monoisotopic (exact) mass is 347 g/mol. The molecular weight excluding hydrogens is 322 g/mol. The van der Waals surface area contributed by atoms with Crippen molar-refractivity contribution in [3.63, 3.8) is 0 Å². The molecule has 4 nitrogen and oxygen atoms in total. The number of carbonyl (C=O) groups is 1. The van der Waals surface area contributed by atoms with Gasteiger partial charge in [-0.1, -0.05) is 29.8 Å². The molecule has 2 amide bonds. The molecule has 0 spiro atoms. The average molecular weight is 348 g/mol. The van der Waals surface area contributed by atoms with Gasteiger partial charge in [0.05, 0.1) is 0 Å². The molecule has 2 fully saturated rings. The second kappa shape index (κ2) is 8.04. The first kappa shape index (κ1) is 17.3. The maximum Gasteiger partial charge on any atom is 0.317 e. The van der Waals surface area contributed by atoms with Crippen LogP contribution in [0.3, 0.4) is 0 Å². The Hall–Kier alpha value is -1.52. The lowest BCUT2D eigenvalue weighted by Gasteiger charge is -2.33. The molecule has 0 bridgehead atoms. The summed E-state index contributed by atoms with van der Waals surface area (Å²) >= 11 is 5.93. The highest BCUT2D eigenvalue weighted by Crippen LogP contribution is 2.19. The number of hydrogen-bond acceptors (Lipinski definition) is 2. The normalized spacial score (nSPS) is 22.5. The zero-order valence-corrected chi connectivity index (χ0v) is 14.8.